The minimum Gasteiger partial charge on any atom is -0.493 e. The Balaban J connectivity index is 1.52. The van der Waals surface area contributed by atoms with Crippen LogP contribution in [0.2, 0.25) is 0 Å². The molecule has 0 saturated carbocycles. The number of ether oxygens (including phenoxy) is 1. The second kappa shape index (κ2) is 5.52. The molecule has 0 fully saturated rings. The second-order valence-corrected chi connectivity index (χ2v) is 6.91. The zero-order valence-corrected chi connectivity index (χ0v) is 13.6. The first kappa shape index (κ1) is 13.9. The number of rotatable bonds is 3. The van der Waals surface area contributed by atoms with Crippen molar-refractivity contribution < 1.29 is 4.74 Å². The lowest BCUT2D eigenvalue weighted by molar-refractivity contribution is 0.204. The van der Waals surface area contributed by atoms with Gasteiger partial charge in [-0.2, -0.15) is 0 Å². The molecule has 118 valence electrons. The summed E-state index contributed by atoms with van der Waals surface area (Å²) < 4.78 is 6.13. The maximum absolute atomic E-state index is 6.13. The molecular weight excluding hydrogens is 292 g/mol. The summed E-state index contributed by atoms with van der Waals surface area (Å²) >= 11 is 0. The molecule has 6 rings (SSSR count). The Hall–Kier alpha value is -2.54. The molecule has 0 saturated heterocycles. The van der Waals surface area contributed by atoms with Crippen molar-refractivity contribution in [3.8, 4) is 5.75 Å². The Morgan fingerprint density at radius 2 is 1.21 bits per heavy atom. The van der Waals surface area contributed by atoms with Gasteiger partial charge in [0.05, 0.1) is 6.61 Å². The van der Waals surface area contributed by atoms with E-state index in [0.717, 1.165) is 12.4 Å². The van der Waals surface area contributed by atoms with Gasteiger partial charge in [0, 0.05) is 17.8 Å². The van der Waals surface area contributed by atoms with Crippen molar-refractivity contribution in [3.05, 3.63) is 101 Å². The zero-order valence-electron chi connectivity index (χ0n) is 13.6. The first-order valence-electron chi connectivity index (χ1n) is 8.77. The largest absolute Gasteiger partial charge is 0.493 e. The summed E-state index contributed by atoms with van der Waals surface area (Å²) in [6, 6.07) is 28.2. The van der Waals surface area contributed by atoms with Gasteiger partial charge in [0.25, 0.3) is 0 Å². The molecule has 2 bridgehead atoms. The van der Waals surface area contributed by atoms with E-state index in [1.165, 1.54) is 28.7 Å². The van der Waals surface area contributed by atoms with Crippen molar-refractivity contribution in [3.63, 3.8) is 0 Å². The average molecular weight is 312 g/mol. The van der Waals surface area contributed by atoms with Crippen LogP contribution in [-0.2, 0) is 0 Å². The van der Waals surface area contributed by atoms with E-state index in [0.29, 0.717) is 17.8 Å². The van der Waals surface area contributed by atoms with Crippen molar-refractivity contribution in [2.45, 2.75) is 18.3 Å². The molecule has 1 nitrogen and oxygen atoms in total. The monoisotopic (exact) mass is 312 g/mol. The minimum absolute atomic E-state index is 0.464. The van der Waals surface area contributed by atoms with Crippen LogP contribution in [0, 0.1) is 5.92 Å². The Labute approximate surface area is 142 Å². The SMILES string of the molecule is c1ccc(OCC2CC3c4ccccc4C2c2ccccc23)cc1. The molecule has 1 unspecified atom stereocenters. The lowest BCUT2D eigenvalue weighted by Gasteiger charge is -2.45. The van der Waals surface area contributed by atoms with Crippen LogP contribution in [-0.4, -0.2) is 6.61 Å². The molecule has 3 aromatic carbocycles. The predicted octanol–water partition coefficient (Wildman–Crippen LogP) is 5.36. The van der Waals surface area contributed by atoms with E-state index in [2.05, 4.69) is 48.5 Å². The van der Waals surface area contributed by atoms with Crippen molar-refractivity contribution in [2.24, 2.45) is 5.92 Å². The van der Waals surface area contributed by atoms with Crippen LogP contribution in [0.3, 0.4) is 0 Å². The maximum atomic E-state index is 6.13. The van der Waals surface area contributed by atoms with E-state index >= 15 is 0 Å². The van der Waals surface area contributed by atoms with E-state index in [-0.39, 0.29) is 0 Å². The smallest absolute Gasteiger partial charge is 0.119 e. The molecule has 0 amide bonds. The Morgan fingerprint density at radius 1 is 0.667 bits per heavy atom. The summed E-state index contributed by atoms with van der Waals surface area (Å²) in [5, 5.41) is 0. The fourth-order valence-electron chi connectivity index (χ4n) is 4.64. The molecule has 0 N–H and O–H groups in total. The van der Waals surface area contributed by atoms with Crippen LogP contribution in [0.5, 0.6) is 5.75 Å². The molecule has 3 aliphatic rings. The Bertz CT molecular complexity index is 820. The van der Waals surface area contributed by atoms with Crippen LogP contribution in [0.15, 0.2) is 78.9 Å². The van der Waals surface area contributed by atoms with Crippen molar-refractivity contribution in [1.29, 1.82) is 0 Å². The van der Waals surface area contributed by atoms with E-state index in [4.69, 9.17) is 4.74 Å². The molecule has 3 aliphatic carbocycles. The zero-order chi connectivity index (χ0) is 15.9. The third-order valence-corrected chi connectivity index (χ3v) is 5.63. The molecule has 0 spiro atoms. The van der Waals surface area contributed by atoms with Gasteiger partial charge in [0.15, 0.2) is 0 Å². The molecule has 1 heteroatoms. The molecule has 1 atom stereocenters. The third-order valence-electron chi connectivity index (χ3n) is 5.63. The standard InChI is InChI=1S/C23H20O/c1-2-8-17(9-3-1)24-15-16-14-22-18-10-4-6-12-20(18)23(16)21-13-7-5-11-19(21)22/h1-13,16,22-23H,14-15H2. The lowest BCUT2D eigenvalue weighted by Crippen LogP contribution is -2.35. The number of hydrogen-bond donors (Lipinski definition) is 0. The van der Waals surface area contributed by atoms with Crippen LogP contribution >= 0.6 is 0 Å². The van der Waals surface area contributed by atoms with E-state index in [1.807, 2.05) is 30.3 Å². The third kappa shape index (κ3) is 2.08. The summed E-state index contributed by atoms with van der Waals surface area (Å²) in [5.41, 5.74) is 6.07. The summed E-state index contributed by atoms with van der Waals surface area (Å²) in [6.45, 7) is 0.786. The number of fused-ring (bicyclic) bond motifs is 1. The molecule has 0 aromatic heterocycles. The van der Waals surface area contributed by atoms with Gasteiger partial charge in [0.1, 0.15) is 5.75 Å². The number of hydrogen-bond acceptors (Lipinski definition) is 1. The Morgan fingerprint density at radius 3 is 1.83 bits per heavy atom. The van der Waals surface area contributed by atoms with Gasteiger partial charge < -0.3 is 4.74 Å². The van der Waals surface area contributed by atoms with Gasteiger partial charge in [-0.05, 0) is 40.8 Å². The van der Waals surface area contributed by atoms with Crippen LogP contribution in [0.1, 0.15) is 40.5 Å². The number of benzene rings is 3. The molecule has 0 aliphatic heterocycles. The van der Waals surface area contributed by atoms with Crippen LogP contribution in [0.25, 0.3) is 0 Å². The second-order valence-electron chi connectivity index (χ2n) is 6.91. The Kier molecular flexibility index (Phi) is 3.19. The highest BCUT2D eigenvalue weighted by Crippen LogP contribution is 2.55. The first-order valence-corrected chi connectivity index (χ1v) is 8.77. The van der Waals surface area contributed by atoms with Gasteiger partial charge in [0.2, 0.25) is 0 Å². The topological polar surface area (TPSA) is 9.23 Å². The van der Waals surface area contributed by atoms with E-state index in [1.54, 1.807) is 0 Å². The molecule has 3 aromatic rings. The van der Waals surface area contributed by atoms with Crippen LogP contribution in [0.4, 0.5) is 0 Å². The lowest BCUT2D eigenvalue weighted by atomic mass is 9.59. The first-order chi connectivity index (χ1) is 11.9. The quantitative estimate of drug-likeness (QED) is 0.632. The molecule has 24 heavy (non-hydrogen) atoms. The van der Waals surface area contributed by atoms with E-state index in [9.17, 15) is 0 Å². The molecule has 0 heterocycles. The van der Waals surface area contributed by atoms with E-state index < -0.39 is 0 Å². The number of para-hydroxylation sites is 1. The van der Waals surface area contributed by atoms with Gasteiger partial charge in [-0.25, -0.2) is 0 Å². The minimum atomic E-state index is 0.464. The predicted molar refractivity (Wildman–Crippen MR) is 96.6 cm³/mol. The van der Waals surface area contributed by atoms with Crippen LogP contribution < -0.4 is 4.74 Å². The summed E-state index contributed by atoms with van der Waals surface area (Å²) in [6.07, 6.45) is 1.19. The molecular formula is C23H20O. The van der Waals surface area contributed by atoms with Crippen molar-refractivity contribution >= 4 is 0 Å². The van der Waals surface area contributed by atoms with Gasteiger partial charge in [-0.1, -0.05) is 66.7 Å². The average Bonchev–Trinajstić information content (AvgIpc) is 2.67. The van der Waals surface area contributed by atoms with Crippen molar-refractivity contribution in [2.75, 3.05) is 6.61 Å². The highest BCUT2D eigenvalue weighted by Gasteiger charge is 2.43. The van der Waals surface area contributed by atoms with Gasteiger partial charge in [-0.3, -0.25) is 0 Å². The van der Waals surface area contributed by atoms with Crippen molar-refractivity contribution in [1.82, 2.24) is 0 Å². The fraction of sp³-hybridized carbons (Fsp3) is 0.217. The molecule has 0 radical (unpaired) electrons. The maximum Gasteiger partial charge on any atom is 0.119 e. The highest BCUT2D eigenvalue weighted by molar-refractivity contribution is 5.55. The highest BCUT2D eigenvalue weighted by atomic mass is 16.5. The summed E-state index contributed by atoms with van der Waals surface area (Å²) in [5.74, 6) is 2.50. The summed E-state index contributed by atoms with van der Waals surface area (Å²) in [7, 11) is 0. The summed E-state index contributed by atoms with van der Waals surface area (Å²) in [4.78, 5) is 0. The fourth-order valence-corrected chi connectivity index (χ4v) is 4.64. The normalized spacial score (nSPS) is 23.4. The van der Waals surface area contributed by atoms with Gasteiger partial charge >= 0.3 is 0 Å². The van der Waals surface area contributed by atoms with Gasteiger partial charge in [-0.15, -0.1) is 0 Å².